The van der Waals surface area contributed by atoms with Crippen LogP contribution in [0.5, 0.6) is 0 Å². The van der Waals surface area contributed by atoms with Gasteiger partial charge < -0.3 is 14.4 Å². The molecule has 0 unspecified atom stereocenters. The van der Waals surface area contributed by atoms with Gasteiger partial charge in [0.05, 0.1) is 6.10 Å². The quantitative estimate of drug-likeness (QED) is 0.186. The standard InChI is InChI=1S/C22H41NO4Si/c1-10-11-12-13-14-15(2)19(24)17-20(25)18(23(7)21(17)26)16(3)27-28(8,9)22(4,5)6/h15-16,18,24H,10-14H2,1-9H3/b19-17-/t15-,16-,18+/m1/s1. The Morgan fingerprint density at radius 3 is 2.25 bits per heavy atom. The molecule has 1 aliphatic heterocycles. The molecule has 1 fully saturated rings. The van der Waals surface area contributed by atoms with Gasteiger partial charge in [0.1, 0.15) is 17.4 Å². The maximum Gasteiger partial charge on any atom is 0.261 e. The zero-order valence-corrected chi connectivity index (χ0v) is 20.4. The number of Topliss-reactive ketones (excluding diaryl/α,β-unsaturated/α-hetero) is 1. The van der Waals surface area contributed by atoms with E-state index in [4.69, 9.17) is 4.43 Å². The van der Waals surface area contributed by atoms with Crippen LogP contribution in [0, 0.1) is 5.92 Å². The highest BCUT2D eigenvalue weighted by Gasteiger charge is 2.49. The summed E-state index contributed by atoms with van der Waals surface area (Å²) in [6, 6.07) is -0.675. The Hall–Kier alpha value is -1.14. The van der Waals surface area contributed by atoms with Crippen molar-refractivity contribution < 1.29 is 19.1 Å². The number of carbonyl (C=O) groups excluding carboxylic acids is 2. The number of nitrogens with zero attached hydrogens (tertiary/aromatic N) is 1. The van der Waals surface area contributed by atoms with E-state index in [1.165, 1.54) is 4.90 Å². The Bertz CT molecular complexity index is 606. The van der Waals surface area contributed by atoms with Crippen molar-refractivity contribution in [2.75, 3.05) is 7.05 Å². The Morgan fingerprint density at radius 2 is 1.75 bits per heavy atom. The smallest absolute Gasteiger partial charge is 0.261 e. The molecule has 0 spiro atoms. The average molecular weight is 412 g/mol. The van der Waals surface area contributed by atoms with Crippen molar-refractivity contribution in [3.05, 3.63) is 11.3 Å². The predicted octanol–water partition coefficient (Wildman–Crippen LogP) is 5.23. The summed E-state index contributed by atoms with van der Waals surface area (Å²) in [5, 5.41) is 10.7. The van der Waals surface area contributed by atoms with E-state index in [1.54, 1.807) is 7.05 Å². The zero-order chi connectivity index (χ0) is 21.9. The monoisotopic (exact) mass is 411 g/mol. The van der Waals surface area contributed by atoms with Crippen LogP contribution in [0.25, 0.3) is 0 Å². The van der Waals surface area contributed by atoms with Gasteiger partial charge in [-0.2, -0.15) is 0 Å². The average Bonchev–Trinajstić information content (AvgIpc) is 2.78. The molecule has 0 bridgehead atoms. The SMILES string of the molecule is CCCCCC[C@@H](C)/C(O)=C1\C(=O)[C@H]([C@@H](C)O[Si](C)(C)C(C)(C)C)N(C)C1=O. The first-order chi connectivity index (χ1) is 12.8. The highest BCUT2D eigenvalue weighted by atomic mass is 28.4. The molecule has 3 atom stereocenters. The molecule has 1 aliphatic rings. The summed E-state index contributed by atoms with van der Waals surface area (Å²) in [5.41, 5.74) is -0.0406. The summed E-state index contributed by atoms with van der Waals surface area (Å²) in [6.07, 6.45) is 4.77. The summed E-state index contributed by atoms with van der Waals surface area (Å²) in [4.78, 5) is 27.3. The van der Waals surface area contributed by atoms with Crippen LogP contribution in [-0.2, 0) is 14.0 Å². The molecule has 0 aromatic rings. The van der Waals surface area contributed by atoms with Gasteiger partial charge in [-0.1, -0.05) is 60.3 Å². The molecule has 28 heavy (non-hydrogen) atoms. The van der Waals surface area contributed by atoms with E-state index >= 15 is 0 Å². The molecule has 162 valence electrons. The van der Waals surface area contributed by atoms with Crippen LogP contribution in [-0.4, -0.2) is 49.2 Å². The first kappa shape index (κ1) is 24.9. The van der Waals surface area contributed by atoms with Crippen molar-refractivity contribution in [1.29, 1.82) is 0 Å². The molecule has 1 heterocycles. The topological polar surface area (TPSA) is 66.8 Å². The highest BCUT2D eigenvalue weighted by Crippen LogP contribution is 2.39. The third-order valence-electron chi connectivity index (χ3n) is 6.41. The van der Waals surface area contributed by atoms with Crippen molar-refractivity contribution in [3.63, 3.8) is 0 Å². The number of amides is 1. The first-order valence-electron chi connectivity index (χ1n) is 10.7. The van der Waals surface area contributed by atoms with Gasteiger partial charge in [0.15, 0.2) is 14.1 Å². The van der Waals surface area contributed by atoms with Crippen molar-refractivity contribution in [2.24, 2.45) is 5.92 Å². The molecule has 1 N–H and O–H groups in total. The van der Waals surface area contributed by atoms with Crippen LogP contribution in [0.4, 0.5) is 0 Å². The van der Waals surface area contributed by atoms with E-state index in [0.717, 1.165) is 32.1 Å². The number of ketones is 1. The van der Waals surface area contributed by atoms with Gasteiger partial charge in [-0.05, 0) is 31.5 Å². The van der Waals surface area contributed by atoms with Gasteiger partial charge in [0.25, 0.3) is 5.91 Å². The molecule has 0 aromatic carbocycles. The second kappa shape index (κ2) is 9.57. The Kier molecular flexibility index (Phi) is 8.51. The molecule has 1 amide bonds. The number of unbranched alkanes of at least 4 members (excludes halogenated alkanes) is 3. The lowest BCUT2D eigenvalue weighted by molar-refractivity contribution is -0.127. The minimum Gasteiger partial charge on any atom is -0.511 e. The summed E-state index contributed by atoms with van der Waals surface area (Å²) in [5.74, 6) is -0.945. The van der Waals surface area contributed by atoms with E-state index < -0.39 is 26.4 Å². The molecule has 1 rings (SSSR count). The molecular formula is C22H41NO4Si. The Balaban J connectivity index is 3.00. The highest BCUT2D eigenvalue weighted by molar-refractivity contribution is 6.74. The zero-order valence-electron chi connectivity index (χ0n) is 19.4. The molecule has 0 radical (unpaired) electrons. The molecule has 6 heteroatoms. The molecule has 1 saturated heterocycles. The van der Waals surface area contributed by atoms with E-state index in [1.807, 2.05) is 13.8 Å². The van der Waals surface area contributed by atoms with Crippen LogP contribution in [0.3, 0.4) is 0 Å². The Labute approximate surface area is 172 Å². The summed E-state index contributed by atoms with van der Waals surface area (Å²) in [7, 11) is -0.454. The number of aliphatic hydroxyl groups is 1. The van der Waals surface area contributed by atoms with Crippen LogP contribution in [0.15, 0.2) is 11.3 Å². The lowest BCUT2D eigenvalue weighted by Crippen LogP contribution is -2.50. The van der Waals surface area contributed by atoms with E-state index in [0.29, 0.717) is 0 Å². The third kappa shape index (κ3) is 5.47. The third-order valence-corrected chi connectivity index (χ3v) is 11.0. The Morgan fingerprint density at radius 1 is 1.18 bits per heavy atom. The van der Waals surface area contributed by atoms with Crippen LogP contribution >= 0.6 is 0 Å². The van der Waals surface area contributed by atoms with E-state index in [-0.39, 0.29) is 28.1 Å². The lowest BCUT2D eigenvalue weighted by Gasteiger charge is -2.40. The number of hydrogen-bond donors (Lipinski definition) is 1. The second-order valence-corrected chi connectivity index (χ2v) is 14.6. The molecule has 0 aliphatic carbocycles. The lowest BCUT2D eigenvalue weighted by atomic mass is 9.95. The first-order valence-corrected chi connectivity index (χ1v) is 13.6. The maximum absolute atomic E-state index is 13.1. The predicted molar refractivity (Wildman–Crippen MR) is 117 cm³/mol. The van der Waals surface area contributed by atoms with Crippen molar-refractivity contribution >= 4 is 20.0 Å². The molecule has 5 nitrogen and oxygen atoms in total. The second-order valence-electron chi connectivity index (χ2n) is 9.82. The van der Waals surface area contributed by atoms with Gasteiger partial charge >= 0.3 is 0 Å². The number of likely N-dealkylation sites (tertiary alicyclic amines) is 1. The van der Waals surface area contributed by atoms with Crippen molar-refractivity contribution in [2.45, 2.75) is 104 Å². The van der Waals surface area contributed by atoms with Gasteiger partial charge in [-0.15, -0.1) is 0 Å². The van der Waals surface area contributed by atoms with Crippen LogP contribution < -0.4 is 0 Å². The largest absolute Gasteiger partial charge is 0.511 e. The fourth-order valence-corrected chi connectivity index (χ4v) is 4.87. The van der Waals surface area contributed by atoms with Gasteiger partial charge in [0, 0.05) is 13.0 Å². The van der Waals surface area contributed by atoms with Crippen LogP contribution in [0.2, 0.25) is 18.1 Å². The summed E-state index contributed by atoms with van der Waals surface area (Å²) in [6.45, 7) is 16.6. The van der Waals surface area contributed by atoms with Crippen molar-refractivity contribution in [1.82, 2.24) is 4.90 Å². The molecule has 0 saturated carbocycles. The molecule has 0 aromatic heterocycles. The van der Waals surface area contributed by atoms with Gasteiger partial charge in [-0.3, -0.25) is 9.59 Å². The van der Waals surface area contributed by atoms with Gasteiger partial charge in [-0.25, -0.2) is 0 Å². The number of aliphatic hydroxyl groups excluding tert-OH is 1. The molecular weight excluding hydrogens is 370 g/mol. The summed E-state index contributed by atoms with van der Waals surface area (Å²) < 4.78 is 6.38. The number of allylic oxidation sites excluding steroid dienone is 1. The number of likely N-dealkylation sites (N-methyl/N-ethyl adjacent to an activating group) is 1. The van der Waals surface area contributed by atoms with Crippen molar-refractivity contribution in [3.8, 4) is 0 Å². The minimum absolute atomic E-state index is 0.0132. The van der Waals surface area contributed by atoms with E-state index in [2.05, 4.69) is 40.8 Å². The van der Waals surface area contributed by atoms with Gasteiger partial charge in [0.2, 0.25) is 0 Å². The van der Waals surface area contributed by atoms with Crippen LogP contribution in [0.1, 0.15) is 73.6 Å². The fourth-order valence-electron chi connectivity index (χ4n) is 3.46. The minimum atomic E-state index is -2.08. The van der Waals surface area contributed by atoms with E-state index in [9.17, 15) is 14.7 Å². The number of hydrogen-bond acceptors (Lipinski definition) is 4. The number of carbonyl (C=O) groups is 2. The normalized spacial score (nSPS) is 22.6. The fraction of sp³-hybridized carbons (Fsp3) is 0.818. The maximum atomic E-state index is 13.1. The summed E-state index contributed by atoms with van der Waals surface area (Å²) >= 11 is 0. The number of rotatable bonds is 9.